The Balaban J connectivity index is 2.49. The zero-order chi connectivity index (χ0) is 13.2. The molecule has 0 aliphatic carbocycles. The molecule has 0 saturated heterocycles. The van der Waals surface area contributed by atoms with Crippen LogP contribution in [-0.2, 0) is 9.53 Å². The van der Waals surface area contributed by atoms with Crippen LogP contribution in [0.4, 0.5) is 0 Å². The molecule has 0 radical (unpaired) electrons. The van der Waals surface area contributed by atoms with Gasteiger partial charge in [-0.05, 0) is 36.8 Å². The van der Waals surface area contributed by atoms with Crippen molar-refractivity contribution in [3.63, 3.8) is 0 Å². The normalized spacial score (nSPS) is 7.89. The number of carbonyl (C=O) groups excluding carboxylic acids is 1. The number of ether oxygens (including phenoxy) is 1. The third kappa shape index (κ3) is 5.80. The Morgan fingerprint density at radius 2 is 2.00 bits per heavy atom. The predicted molar refractivity (Wildman–Crippen MR) is 72.8 cm³/mol. The first-order chi connectivity index (χ1) is 8.72. The summed E-state index contributed by atoms with van der Waals surface area (Å²) >= 11 is 1.52. The van der Waals surface area contributed by atoms with Crippen LogP contribution in [0.15, 0.2) is 12.1 Å². The van der Waals surface area contributed by atoms with Crippen molar-refractivity contribution in [1.29, 1.82) is 0 Å². The Morgan fingerprint density at radius 1 is 1.28 bits per heavy atom. The maximum absolute atomic E-state index is 10.5. The monoisotopic (exact) mass is 256 g/mol. The molecule has 2 nitrogen and oxygen atoms in total. The van der Waals surface area contributed by atoms with E-state index < -0.39 is 0 Å². The molecule has 0 aliphatic rings. The van der Waals surface area contributed by atoms with Gasteiger partial charge in [0.2, 0.25) is 0 Å². The van der Waals surface area contributed by atoms with E-state index in [1.54, 1.807) is 6.92 Å². The summed E-state index contributed by atoms with van der Waals surface area (Å²) in [6.45, 7) is 3.48. The van der Waals surface area contributed by atoms with E-state index in [0.717, 1.165) is 9.75 Å². The van der Waals surface area contributed by atoms with Gasteiger partial charge < -0.3 is 4.74 Å². The van der Waals surface area contributed by atoms with Crippen LogP contribution >= 0.6 is 11.3 Å². The molecule has 3 heteroatoms. The number of rotatable bonds is 2. The Labute approximate surface area is 111 Å². The van der Waals surface area contributed by atoms with Crippen molar-refractivity contribution in [3.8, 4) is 35.5 Å². The summed E-state index contributed by atoms with van der Waals surface area (Å²) in [6, 6.07) is 3.85. The molecule has 0 bridgehead atoms. The average molecular weight is 256 g/mol. The minimum absolute atomic E-state index is 0.275. The van der Waals surface area contributed by atoms with Crippen molar-refractivity contribution >= 4 is 17.3 Å². The summed E-state index contributed by atoms with van der Waals surface area (Å²) < 4.78 is 4.77. The minimum atomic E-state index is -0.275. The lowest BCUT2D eigenvalue weighted by atomic mass is 10.4. The zero-order valence-corrected chi connectivity index (χ0v) is 11.1. The highest BCUT2D eigenvalue weighted by Crippen LogP contribution is 2.13. The van der Waals surface area contributed by atoms with E-state index >= 15 is 0 Å². The smallest absolute Gasteiger partial charge is 0.302 e. The van der Waals surface area contributed by atoms with Gasteiger partial charge in [0.1, 0.15) is 6.61 Å². The van der Waals surface area contributed by atoms with Gasteiger partial charge in [-0.3, -0.25) is 4.79 Å². The fraction of sp³-hybridized carbons (Fsp3) is 0.267. The molecule has 1 heterocycles. The number of hydrogen-bond acceptors (Lipinski definition) is 3. The van der Waals surface area contributed by atoms with Crippen LogP contribution in [0.3, 0.4) is 0 Å². The summed E-state index contributed by atoms with van der Waals surface area (Å²) in [7, 11) is 0. The maximum Gasteiger partial charge on any atom is 0.302 e. The van der Waals surface area contributed by atoms with Crippen molar-refractivity contribution in [1.82, 2.24) is 0 Å². The summed E-state index contributed by atoms with van der Waals surface area (Å²) in [5, 5.41) is 0. The van der Waals surface area contributed by atoms with E-state index in [1.165, 1.54) is 18.3 Å². The molecule has 0 atom stereocenters. The fourth-order valence-corrected chi connectivity index (χ4v) is 1.76. The van der Waals surface area contributed by atoms with Crippen LogP contribution in [0, 0.1) is 35.5 Å². The lowest BCUT2D eigenvalue weighted by molar-refractivity contribution is -0.140. The lowest BCUT2D eigenvalue weighted by Gasteiger charge is -1.94. The van der Waals surface area contributed by atoms with Crippen LogP contribution < -0.4 is 0 Å². The topological polar surface area (TPSA) is 26.3 Å². The van der Waals surface area contributed by atoms with Gasteiger partial charge in [0.05, 0.1) is 9.75 Å². The molecule has 1 aromatic heterocycles. The average Bonchev–Trinajstić information content (AvgIpc) is 2.77. The third-order valence-corrected chi connectivity index (χ3v) is 2.64. The first kappa shape index (κ1) is 13.9. The molecule has 90 valence electrons. The number of esters is 1. The summed E-state index contributed by atoms with van der Waals surface area (Å²) in [6.07, 6.45) is 0.541. The molecule has 0 aliphatic heterocycles. The largest absolute Gasteiger partial charge is 0.465 e. The number of carbonyl (C=O) groups is 1. The van der Waals surface area contributed by atoms with E-state index in [0.29, 0.717) is 13.0 Å². The Bertz CT molecular complexity index is 591. The van der Waals surface area contributed by atoms with Gasteiger partial charge in [-0.15, -0.1) is 11.3 Å². The van der Waals surface area contributed by atoms with E-state index in [-0.39, 0.29) is 5.97 Å². The fourth-order valence-electron chi connectivity index (χ4n) is 1.02. The van der Waals surface area contributed by atoms with Crippen LogP contribution in [-0.4, -0.2) is 12.6 Å². The molecule has 1 rings (SSSR count). The van der Waals surface area contributed by atoms with E-state index in [1.807, 2.05) is 12.1 Å². The third-order valence-electron chi connectivity index (χ3n) is 1.72. The molecule has 1 aromatic rings. The second-order valence-electron chi connectivity index (χ2n) is 3.18. The molecular formula is C15H12O2S. The predicted octanol–water partition coefficient (Wildman–Crippen LogP) is 2.43. The summed E-state index contributed by atoms with van der Waals surface area (Å²) in [5.41, 5.74) is 0. The van der Waals surface area contributed by atoms with Gasteiger partial charge in [0.25, 0.3) is 0 Å². The first-order valence-corrected chi connectivity index (χ1v) is 6.19. The highest BCUT2D eigenvalue weighted by Gasteiger charge is 1.93. The molecule has 0 fully saturated rings. The van der Waals surface area contributed by atoms with Crippen LogP contribution in [0.25, 0.3) is 0 Å². The Morgan fingerprint density at radius 3 is 2.67 bits per heavy atom. The first-order valence-electron chi connectivity index (χ1n) is 5.37. The molecule has 18 heavy (non-hydrogen) atoms. The number of hydrogen-bond donors (Lipinski definition) is 0. The van der Waals surface area contributed by atoms with Gasteiger partial charge in [-0.2, -0.15) is 0 Å². The summed E-state index contributed by atoms with van der Waals surface area (Å²) in [4.78, 5) is 12.4. The van der Waals surface area contributed by atoms with Crippen LogP contribution in [0.1, 0.15) is 30.0 Å². The van der Waals surface area contributed by atoms with E-state index in [9.17, 15) is 4.79 Å². The van der Waals surface area contributed by atoms with Crippen LogP contribution in [0.5, 0.6) is 0 Å². The summed E-state index contributed by atoms with van der Waals surface area (Å²) in [5.74, 6) is 16.8. The molecule has 0 N–H and O–H groups in total. The number of thiophene rings is 1. The van der Waals surface area contributed by atoms with Gasteiger partial charge in [-0.25, -0.2) is 0 Å². The van der Waals surface area contributed by atoms with Crippen molar-refractivity contribution < 1.29 is 9.53 Å². The second kappa shape index (κ2) is 8.02. The molecule has 0 unspecified atom stereocenters. The van der Waals surface area contributed by atoms with Gasteiger partial charge in [0, 0.05) is 13.3 Å². The molecule has 0 aromatic carbocycles. The quantitative estimate of drug-likeness (QED) is 0.461. The van der Waals surface area contributed by atoms with Crippen LogP contribution in [0.2, 0.25) is 0 Å². The standard InChI is InChI=1S/C15H12O2S/c1-3-4-5-8-14-10-11-15(18-14)9-6-7-12-17-13(2)16/h10-11H,7,12H2,1-2H3. The van der Waals surface area contributed by atoms with Crippen molar-refractivity contribution in [2.24, 2.45) is 0 Å². The molecule has 0 amide bonds. The van der Waals surface area contributed by atoms with E-state index in [2.05, 4.69) is 35.5 Å². The molecular weight excluding hydrogens is 244 g/mol. The Kier molecular flexibility index (Phi) is 6.20. The minimum Gasteiger partial charge on any atom is -0.465 e. The lowest BCUT2D eigenvalue weighted by Crippen LogP contribution is -1.98. The second-order valence-corrected chi connectivity index (χ2v) is 4.26. The highest BCUT2D eigenvalue weighted by atomic mass is 32.1. The van der Waals surface area contributed by atoms with Crippen molar-refractivity contribution in [2.45, 2.75) is 20.3 Å². The van der Waals surface area contributed by atoms with E-state index in [4.69, 9.17) is 4.74 Å². The molecule has 0 spiro atoms. The SMILES string of the molecule is CC#CC#Cc1ccc(C#CCCOC(C)=O)s1. The van der Waals surface area contributed by atoms with Crippen molar-refractivity contribution in [3.05, 3.63) is 21.9 Å². The van der Waals surface area contributed by atoms with Gasteiger partial charge in [-0.1, -0.05) is 17.8 Å². The highest BCUT2D eigenvalue weighted by molar-refractivity contribution is 7.13. The zero-order valence-electron chi connectivity index (χ0n) is 10.3. The van der Waals surface area contributed by atoms with Gasteiger partial charge in [0.15, 0.2) is 0 Å². The maximum atomic E-state index is 10.5. The van der Waals surface area contributed by atoms with Gasteiger partial charge >= 0.3 is 5.97 Å². The molecule has 0 saturated carbocycles. The van der Waals surface area contributed by atoms with Crippen molar-refractivity contribution in [2.75, 3.05) is 6.61 Å². The Hall–Kier alpha value is -2.15.